The molecule has 1 atom stereocenters. The lowest BCUT2D eigenvalue weighted by Gasteiger charge is -2.37. The second kappa shape index (κ2) is 20.6. The smallest absolute Gasteiger partial charge is 0.327 e. The Labute approximate surface area is 199 Å². The standard InChI is InChI=1S/C25H53O6P/c1-22(2)15-11-7-5-9-13-17-24(25(19-26,20-27)21-31-32(28)29)30-18-14-10-6-8-12-16-23(3)4/h22-24,26-29H,5-21H2,1-4H3. The minimum absolute atomic E-state index is 0.132. The molecule has 194 valence electrons. The van der Waals surface area contributed by atoms with Crippen LogP contribution in [0.4, 0.5) is 0 Å². The Kier molecular flexibility index (Phi) is 20.7. The molecule has 0 radical (unpaired) electrons. The summed E-state index contributed by atoms with van der Waals surface area (Å²) in [4.78, 5) is 18.3. The Bertz CT molecular complexity index is 402. The SMILES string of the molecule is CC(C)CCCCCCCOC(CCCCCCCC(C)C)C(CO)(CO)COP(O)O. The molecule has 0 aromatic carbocycles. The van der Waals surface area contributed by atoms with Gasteiger partial charge < -0.3 is 29.3 Å². The quantitative estimate of drug-likeness (QED) is 0.106. The van der Waals surface area contributed by atoms with Gasteiger partial charge in [-0.1, -0.05) is 98.3 Å². The number of unbranched alkanes of at least 4 members (excludes halogenated alkanes) is 8. The van der Waals surface area contributed by atoms with Crippen LogP contribution < -0.4 is 0 Å². The highest BCUT2D eigenvalue weighted by atomic mass is 31.2. The lowest BCUT2D eigenvalue weighted by molar-refractivity contribution is -0.114. The molecule has 1 unspecified atom stereocenters. The van der Waals surface area contributed by atoms with Crippen LogP contribution in [0.2, 0.25) is 0 Å². The van der Waals surface area contributed by atoms with Crippen LogP contribution in [0.3, 0.4) is 0 Å². The van der Waals surface area contributed by atoms with Gasteiger partial charge in [-0.3, -0.25) is 0 Å². The van der Waals surface area contributed by atoms with E-state index in [1.54, 1.807) is 0 Å². The van der Waals surface area contributed by atoms with Gasteiger partial charge in [0.15, 0.2) is 0 Å². The third kappa shape index (κ3) is 16.7. The zero-order valence-electron chi connectivity index (χ0n) is 21.3. The molecule has 0 spiro atoms. The Morgan fingerprint density at radius 1 is 0.656 bits per heavy atom. The first-order valence-corrected chi connectivity index (χ1v) is 14.1. The molecular formula is C25H53O6P. The number of aliphatic hydroxyl groups is 2. The molecule has 0 bridgehead atoms. The van der Waals surface area contributed by atoms with E-state index in [2.05, 4.69) is 27.7 Å². The van der Waals surface area contributed by atoms with E-state index in [0.29, 0.717) is 6.61 Å². The highest BCUT2D eigenvalue weighted by molar-refractivity contribution is 7.39. The van der Waals surface area contributed by atoms with Crippen LogP contribution in [-0.4, -0.2) is 52.5 Å². The normalized spacial score (nSPS) is 13.6. The van der Waals surface area contributed by atoms with Crippen molar-refractivity contribution in [3.63, 3.8) is 0 Å². The predicted molar refractivity (Wildman–Crippen MR) is 133 cm³/mol. The average molecular weight is 481 g/mol. The molecule has 0 aromatic heterocycles. The Balaban J connectivity index is 4.53. The van der Waals surface area contributed by atoms with Gasteiger partial charge in [-0.05, 0) is 24.7 Å². The summed E-state index contributed by atoms with van der Waals surface area (Å²) in [6.07, 6.45) is 14.4. The largest absolute Gasteiger partial charge is 0.396 e. The molecule has 0 aliphatic heterocycles. The van der Waals surface area contributed by atoms with Gasteiger partial charge in [-0.25, -0.2) is 0 Å². The molecule has 32 heavy (non-hydrogen) atoms. The predicted octanol–water partition coefficient (Wildman–Crippen LogP) is 5.95. The van der Waals surface area contributed by atoms with Crippen LogP contribution in [0, 0.1) is 17.3 Å². The van der Waals surface area contributed by atoms with Crippen molar-refractivity contribution in [3.05, 3.63) is 0 Å². The number of hydrogen-bond acceptors (Lipinski definition) is 6. The zero-order valence-corrected chi connectivity index (χ0v) is 22.2. The molecule has 0 aliphatic rings. The van der Waals surface area contributed by atoms with Crippen molar-refractivity contribution in [3.8, 4) is 0 Å². The molecule has 0 heterocycles. The molecule has 0 fully saturated rings. The monoisotopic (exact) mass is 480 g/mol. The molecule has 4 N–H and O–H groups in total. The van der Waals surface area contributed by atoms with E-state index in [4.69, 9.17) is 19.0 Å². The topological polar surface area (TPSA) is 99.4 Å². The van der Waals surface area contributed by atoms with E-state index in [1.807, 2.05) is 0 Å². The summed E-state index contributed by atoms with van der Waals surface area (Å²) in [7, 11) is -2.54. The van der Waals surface area contributed by atoms with Crippen LogP contribution in [-0.2, 0) is 9.26 Å². The van der Waals surface area contributed by atoms with Crippen LogP contribution in [0.25, 0.3) is 0 Å². The van der Waals surface area contributed by atoms with E-state index < -0.39 is 14.0 Å². The molecule has 0 saturated carbocycles. The first-order valence-electron chi connectivity index (χ1n) is 12.9. The summed E-state index contributed by atoms with van der Waals surface area (Å²) in [6, 6.07) is 0. The average Bonchev–Trinajstić information content (AvgIpc) is 2.74. The molecule has 0 aliphatic carbocycles. The maximum atomic E-state index is 10.1. The van der Waals surface area contributed by atoms with Gasteiger partial charge in [-0.2, -0.15) is 0 Å². The van der Waals surface area contributed by atoms with E-state index in [0.717, 1.165) is 43.9 Å². The van der Waals surface area contributed by atoms with Crippen LogP contribution in [0.5, 0.6) is 0 Å². The van der Waals surface area contributed by atoms with Crippen molar-refractivity contribution in [2.75, 3.05) is 26.4 Å². The Morgan fingerprint density at radius 2 is 1.09 bits per heavy atom. The van der Waals surface area contributed by atoms with Crippen molar-refractivity contribution in [1.29, 1.82) is 0 Å². The number of ether oxygens (including phenoxy) is 1. The molecule has 0 saturated heterocycles. The van der Waals surface area contributed by atoms with Crippen molar-refractivity contribution in [1.82, 2.24) is 0 Å². The Morgan fingerprint density at radius 3 is 1.53 bits per heavy atom. The lowest BCUT2D eigenvalue weighted by atomic mass is 9.81. The number of aliphatic hydroxyl groups excluding tert-OH is 2. The molecular weight excluding hydrogens is 427 g/mol. The van der Waals surface area contributed by atoms with Crippen molar-refractivity contribution < 1.29 is 29.3 Å². The van der Waals surface area contributed by atoms with Gasteiger partial charge >= 0.3 is 8.60 Å². The van der Waals surface area contributed by atoms with Gasteiger partial charge in [0.25, 0.3) is 0 Å². The van der Waals surface area contributed by atoms with Gasteiger partial charge in [0, 0.05) is 6.61 Å². The minimum Gasteiger partial charge on any atom is -0.396 e. The summed E-state index contributed by atoms with van der Waals surface area (Å²) >= 11 is 0. The van der Waals surface area contributed by atoms with Gasteiger partial charge in [0.1, 0.15) is 0 Å². The van der Waals surface area contributed by atoms with Crippen LogP contribution in [0.1, 0.15) is 111 Å². The minimum atomic E-state index is -2.54. The van der Waals surface area contributed by atoms with E-state index >= 15 is 0 Å². The molecule has 0 amide bonds. The third-order valence-electron chi connectivity index (χ3n) is 6.27. The van der Waals surface area contributed by atoms with Crippen LogP contribution >= 0.6 is 8.60 Å². The fourth-order valence-electron chi connectivity index (χ4n) is 4.01. The van der Waals surface area contributed by atoms with E-state index in [1.165, 1.54) is 51.4 Å². The van der Waals surface area contributed by atoms with Crippen LogP contribution in [0.15, 0.2) is 0 Å². The number of rotatable bonds is 23. The second-order valence-electron chi connectivity index (χ2n) is 10.3. The molecule has 7 heteroatoms. The van der Waals surface area contributed by atoms with Crippen molar-refractivity contribution in [2.24, 2.45) is 17.3 Å². The van der Waals surface area contributed by atoms with E-state index in [-0.39, 0.29) is 25.9 Å². The van der Waals surface area contributed by atoms with E-state index in [9.17, 15) is 10.2 Å². The summed E-state index contributed by atoms with van der Waals surface area (Å²) < 4.78 is 11.2. The first-order chi connectivity index (χ1) is 15.3. The lowest BCUT2D eigenvalue weighted by Crippen LogP contribution is -2.47. The highest BCUT2D eigenvalue weighted by Crippen LogP contribution is 2.34. The molecule has 0 aromatic rings. The maximum absolute atomic E-state index is 10.1. The zero-order chi connectivity index (χ0) is 24.2. The summed E-state index contributed by atoms with van der Waals surface area (Å²) in [5.74, 6) is 1.52. The third-order valence-corrected chi connectivity index (χ3v) is 6.63. The second-order valence-corrected chi connectivity index (χ2v) is 11.0. The molecule has 6 nitrogen and oxygen atoms in total. The summed E-state index contributed by atoms with van der Waals surface area (Å²) in [5.41, 5.74) is -1.03. The van der Waals surface area contributed by atoms with Gasteiger partial charge in [-0.15, -0.1) is 0 Å². The first kappa shape index (κ1) is 32.2. The summed E-state index contributed by atoms with van der Waals surface area (Å²) in [5, 5.41) is 20.1. The maximum Gasteiger partial charge on any atom is 0.327 e. The van der Waals surface area contributed by atoms with Gasteiger partial charge in [0.2, 0.25) is 0 Å². The van der Waals surface area contributed by atoms with Crippen molar-refractivity contribution >= 4 is 8.60 Å². The fourth-order valence-corrected chi connectivity index (χ4v) is 4.39. The molecule has 0 rings (SSSR count). The fraction of sp³-hybridized carbons (Fsp3) is 1.00. The Hall–Kier alpha value is 0.190. The number of hydrogen-bond donors (Lipinski definition) is 4. The van der Waals surface area contributed by atoms with Crippen molar-refractivity contribution in [2.45, 2.75) is 117 Å². The summed E-state index contributed by atoms with van der Waals surface area (Å²) in [6.45, 7) is 8.84. The highest BCUT2D eigenvalue weighted by Gasteiger charge is 2.39. The van der Waals surface area contributed by atoms with Gasteiger partial charge in [0.05, 0.1) is 31.3 Å².